The number of hydrogen-bond acceptors (Lipinski definition) is 7. The third kappa shape index (κ3) is 2.68. The van der Waals surface area contributed by atoms with Gasteiger partial charge in [-0.3, -0.25) is 0 Å². The summed E-state index contributed by atoms with van der Waals surface area (Å²) in [6, 6.07) is 8.22. The van der Waals surface area contributed by atoms with Crippen LogP contribution >= 0.6 is 0 Å². The van der Waals surface area contributed by atoms with Gasteiger partial charge in [0.15, 0.2) is 0 Å². The van der Waals surface area contributed by atoms with Crippen LogP contribution in [0.2, 0.25) is 0 Å². The summed E-state index contributed by atoms with van der Waals surface area (Å²) in [5.41, 5.74) is 2.12. The van der Waals surface area contributed by atoms with E-state index in [-0.39, 0.29) is 0 Å². The van der Waals surface area contributed by atoms with Crippen LogP contribution in [0.15, 0.2) is 35.4 Å². The number of aromatic nitrogens is 5. The van der Waals surface area contributed by atoms with Crippen LogP contribution in [0.4, 0.5) is 0 Å². The molecule has 0 atom stereocenters. The van der Waals surface area contributed by atoms with E-state index in [2.05, 4.69) is 31.6 Å². The molecule has 1 aromatic carbocycles. The van der Waals surface area contributed by atoms with Gasteiger partial charge in [0.2, 0.25) is 11.7 Å². The van der Waals surface area contributed by atoms with Crippen LogP contribution in [0.5, 0.6) is 0 Å². The summed E-state index contributed by atoms with van der Waals surface area (Å²) in [4.78, 5) is 8.49. The van der Waals surface area contributed by atoms with Gasteiger partial charge in [-0.15, -0.1) is 0 Å². The molecule has 0 bridgehead atoms. The van der Waals surface area contributed by atoms with E-state index >= 15 is 0 Å². The van der Waals surface area contributed by atoms with Crippen molar-refractivity contribution < 1.29 is 4.52 Å². The van der Waals surface area contributed by atoms with Crippen molar-refractivity contribution in [1.29, 1.82) is 5.26 Å². The van der Waals surface area contributed by atoms with Crippen molar-refractivity contribution in [2.45, 2.75) is 25.2 Å². The minimum atomic E-state index is -0.688. The summed E-state index contributed by atoms with van der Waals surface area (Å²) < 4.78 is 7.17. The number of nitrogens with zero attached hydrogens (tertiary/aromatic N) is 6. The maximum Gasteiger partial charge on any atom is 0.247 e. The number of rotatable bonds is 3. The minimum absolute atomic E-state index is 0.407. The Morgan fingerprint density at radius 3 is 2.84 bits per heavy atom. The first-order chi connectivity index (χ1) is 12.2. The second-order valence-corrected chi connectivity index (χ2v) is 6.21. The Kier molecular flexibility index (Phi) is 3.78. The Balaban J connectivity index is 1.66. The number of benzene rings is 1. The molecule has 1 aliphatic heterocycles. The predicted octanol–water partition coefficient (Wildman–Crippen LogP) is 1.77. The first kappa shape index (κ1) is 15.5. The lowest BCUT2D eigenvalue weighted by atomic mass is 9.80. The van der Waals surface area contributed by atoms with Gasteiger partial charge >= 0.3 is 0 Å². The highest BCUT2D eigenvalue weighted by Gasteiger charge is 2.39. The van der Waals surface area contributed by atoms with Crippen molar-refractivity contribution in [3.63, 3.8) is 0 Å². The van der Waals surface area contributed by atoms with Crippen LogP contribution in [0.3, 0.4) is 0 Å². The van der Waals surface area contributed by atoms with Crippen molar-refractivity contribution in [1.82, 2.24) is 30.2 Å². The smallest absolute Gasteiger partial charge is 0.247 e. The molecule has 3 heterocycles. The average Bonchev–Trinajstić information content (AvgIpc) is 3.34. The second kappa shape index (κ2) is 6.11. The topological polar surface area (TPSA) is 105 Å². The molecule has 1 fully saturated rings. The SMILES string of the molecule is Cc1cc(-c2noc(C3(C#N)CCNCC3)n2)ccc1-n1cncn1. The first-order valence-corrected chi connectivity index (χ1v) is 8.14. The fourth-order valence-corrected chi connectivity index (χ4v) is 3.15. The van der Waals surface area contributed by atoms with E-state index in [1.165, 1.54) is 6.33 Å². The zero-order valence-electron chi connectivity index (χ0n) is 13.8. The maximum absolute atomic E-state index is 9.64. The molecule has 0 spiro atoms. The van der Waals surface area contributed by atoms with Crippen LogP contribution in [-0.2, 0) is 5.41 Å². The van der Waals surface area contributed by atoms with Gasteiger partial charge in [0.25, 0.3) is 0 Å². The molecule has 4 rings (SSSR count). The molecule has 8 nitrogen and oxygen atoms in total. The van der Waals surface area contributed by atoms with Gasteiger partial charge in [-0.05, 0) is 56.6 Å². The molecule has 0 saturated carbocycles. The Hall–Kier alpha value is -3.05. The van der Waals surface area contributed by atoms with Gasteiger partial charge in [-0.1, -0.05) is 5.16 Å². The lowest BCUT2D eigenvalue weighted by Crippen LogP contribution is -2.39. The Morgan fingerprint density at radius 1 is 1.32 bits per heavy atom. The summed E-state index contributed by atoms with van der Waals surface area (Å²) in [5.74, 6) is 0.904. The zero-order valence-corrected chi connectivity index (χ0v) is 13.8. The van der Waals surface area contributed by atoms with Crippen molar-refractivity contribution in [3.8, 4) is 23.1 Å². The zero-order chi connectivity index (χ0) is 17.3. The average molecular weight is 335 g/mol. The molecule has 1 aliphatic rings. The molecule has 0 radical (unpaired) electrons. The summed E-state index contributed by atoms with van der Waals surface area (Å²) >= 11 is 0. The van der Waals surface area contributed by atoms with E-state index in [4.69, 9.17) is 4.52 Å². The van der Waals surface area contributed by atoms with Crippen LogP contribution < -0.4 is 5.32 Å². The fourth-order valence-electron chi connectivity index (χ4n) is 3.15. The molecule has 0 unspecified atom stereocenters. The summed E-state index contributed by atoms with van der Waals surface area (Å²) in [5, 5.41) is 21.1. The van der Waals surface area contributed by atoms with E-state index in [1.807, 2.05) is 25.1 Å². The molecule has 8 heteroatoms. The van der Waals surface area contributed by atoms with Crippen LogP contribution in [0.1, 0.15) is 24.3 Å². The quantitative estimate of drug-likeness (QED) is 0.777. The predicted molar refractivity (Wildman–Crippen MR) is 88.8 cm³/mol. The van der Waals surface area contributed by atoms with Crippen molar-refractivity contribution in [2.75, 3.05) is 13.1 Å². The molecule has 1 saturated heterocycles. The lowest BCUT2D eigenvalue weighted by Gasteiger charge is -2.27. The van der Waals surface area contributed by atoms with Gasteiger partial charge in [0, 0.05) is 5.56 Å². The molecular weight excluding hydrogens is 318 g/mol. The largest absolute Gasteiger partial charge is 0.337 e. The summed E-state index contributed by atoms with van der Waals surface area (Å²) in [6.45, 7) is 3.54. The highest BCUT2D eigenvalue weighted by Crippen LogP contribution is 2.33. The Labute approximate surface area is 144 Å². The maximum atomic E-state index is 9.64. The van der Waals surface area contributed by atoms with Crippen LogP contribution in [0, 0.1) is 18.3 Å². The third-order valence-electron chi connectivity index (χ3n) is 4.63. The highest BCUT2D eigenvalue weighted by atomic mass is 16.5. The Bertz CT molecular complexity index is 917. The van der Waals surface area contributed by atoms with Gasteiger partial charge in [-0.25, -0.2) is 9.67 Å². The summed E-state index contributed by atoms with van der Waals surface area (Å²) in [7, 11) is 0. The van der Waals surface area contributed by atoms with E-state index in [0.29, 0.717) is 24.6 Å². The molecule has 25 heavy (non-hydrogen) atoms. The van der Waals surface area contributed by atoms with E-state index < -0.39 is 5.41 Å². The summed E-state index contributed by atoms with van der Waals surface area (Å²) in [6.07, 6.45) is 4.51. The minimum Gasteiger partial charge on any atom is -0.337 e. The normalized spacial score (nSPS) is 16.5. The number of piperidine rings is 1. The second-order valence-electron chi connectivity index (χ2n) is 6.21. The molecule has 126 valence electrons. The molecular formula is C17H17N7O. The highest BCUT2D eigenvalue weighted by molar-refractivity contribution is 5.59. The molecule has 1 N–H and O–H groups in total. The van der Waals surface area contributed by atoms with E-state index in [9.17, 15) is 5.26 Å². The standard InChI is InChI=1S/C17H17N7O/c1-12-8-13(2-3-14(12)24-11-20-10-21-24)15-22-16(25-23-15)17(9-18)4-6-19-7-5-17/h2-3,8,10-11,19H,4-7H2,1H3. The number of hydrogen-bond donors (Lipinski definition) is 1. The number of aryl methyl sites for hydroxylation is 1. The van der Waals surface area contributed by atoms with Crippen LogP contribution in [-0.4, -0.2) is 38.0 Å². The molecule has 3 aromatic rings. The number of nitriles is 1. The number of nitrogens with one attached hydrogen (secondary N) is 1. The van der Waals surface area contributed by atoms with E-state index in [0.717, 1.165) is 29.9 Å². The van der Waals surface area contributed by atoms with Crippen molar-refractivity contribution in [2.24, 2.45) is 0 Å². The van der Waals surface area contributed by atoms with Crippen LogP contribution in [0.25, 0.3) is 17.1 Å². The molecule has 0 amide bonds. The van der Waals surface area contributed by atoms with Crippen molar-refractivity contribution in [3.05, 3.63) is 42.3 Å². The molecule has 2 aromatic heterocycles. The van der Waals surface area contributed by atoms with Gasteiger partial charge in [0.05, 0.1) is 11.8 Å². The van der Waals surface area contributed by atoms with Gasteiger partial charge < -0.3 is 9.84 Å². The van der Waals surface area contributed by atoms with Gasteiger partial charge in [0.1, 0.15) is 18.1 Å². The van der Waals surface area contributed by atoms with E-state index in [1.54, 1.807) is 11.0 Å². The third-order valence-corrected chi connectivity index (χ3v) is 4.63. The lowest BCUT2D eigenvalue weighted by molar-refractivity contribution is 0.273. The van der Waals surface area contributed by atoms with Gasteiger partial charge in [-0.2, -0.15) is 15.3 Å². The first-order valence-electron chi connectivity index (χ1n) is 8.14. The monoisotopic (exact) mass is 335 g/mol. The van der Waals surface area contributed by atoms with Crippen molar-refractivity contribution >= 4 is 0 Å². The Morgan fingerprint density at radius 2 is 2.16 bits per heavy atom. The fraction of sp³-hybridized carbons (Fsp3) is 0.353. The molecule has 0 aliphatic carbocycles.